The van der Waals surface area contributed by atoms with Gasteiger partial charge in [-0.2, -0.15) is 0 Å². The van der Waals surface area contributed by atoms with Gasteiger partial charge in [0.25, 0.3) is 5.92 Å². The highest BCUT2D eigenvalue weighted by Crippen LogP contribution is 2.22. The first kappa shape index (κ1) is 11.6. The second-order valence-electron chi connectivity index (χ2n) is 2.78. The normalized spacial score (nSPS) is 12.7. The number of unbranched alkanes of at least 4 members (excludes halogenated alkanes) is 1. The van der Waals surface area contributed by atoms with Crippen molar-refractivity contribution in [1.82, 2.24) is 0 Å². The molecule has 3 heteroatoms. The van der Waals surface area contributed by atoms with Crippen LogP contribution in [-0.2, 0) is 0 Å². The molecule has 0 bridgehead atoms. The quantitative estimate of drug-likeness (QED) is 0.620. The number of allylic oxidation sites excluding steroid dienone is 1. The zero-order valence-electron chi connectivity index (χ0n) is 7.39. The van der Waals surface area contributed by atoms with Gasteiger partial charge in [-0.1, -0.05) is 19.4 Å². The van der Waals surface area contributed by atoms with Gasteiger partial charge in [0, 0.05) is 13.0 Å². The molecule has 0 radical (unpaired) electrons. The number of halogens is 2. The molecule has 0 aliphatic rings. The average Bonchev–Trinajstić information content (AvgIpc) is 2.01. The topological polar surface area (TPSA) is 20.2 Å². The van der Waals surface area contributed by atoms with Gasteiger partial charge < -0.3 is 5.11 Å². The first-order valence-electron chi connectivity index (χ1n) is 4.29. The lowest BCUT2D eigenvalue weighted by Crippen LogP contribution is -2.11. The smallest absolute Gasteiger partial charge is 0.266 e. The largest absolute Gasteiger partial charge is 0.396 e. The molecule has 0 rings (SSSR count). The predicted octanol–water partition coefficient (Wildman–Crippen LogP) is 2.75. The summed E-state index contributed by atoms with van der Waals surface area (Å²) >= 11 is 0. The highest BCUT2D eigenvalue weighted by molar-refractivity contribution is 4.94. The molecule has 1 nitrogen and oxygen atoms in total. The summed E-state index contributed by atoms with van der Waals surface area (Å²) in [6.07, 6.45) is 3.75. The van der Waals surface area contributed by atoms with Crippen LogP contribution in [0.15, 0.2) is 12.2 Å². The molecule has 0 amide bonds. The number of hydrogen-bond donors (Lipinski definition) is 1. The van der Waals surface area contributed by atoms with Crippen molar-refractivity contribution in [3.8, 4) is 0 Å². The number of rotatable bonds is 6. The van der Waals surface area contributed by atoms with Crippen LogP contribution in [0.1, 0.15) is 32.6 Å². The summed E-state index contributed by atoms with van der Waals surface area (Å²) in [5.74, 6) is -2.69. The Bertz CT molecular complexity index is 132. The Hall–Kier alpha value is -0.440. The molecule has 0 heterocycles. The third kappa shape index (κ3) is 6.28. The Balaban J connectivity index is 3.69. The molecule has 12 heavy (non-hydrogen) atoms. The molecule has 0 saturated heterocycles. The van der Waals surface area contributed by atoms with Crippen molar-refractivity contribution in [2.75, 3.05) is 6.61 Å². The Kier molecular flexibility index (Phi) is 5.89. The maximum absolute atomic E-state index is 12.8. The molecular weight excluding hydrogens is 162 g/mol. The van der Waals surface area contributed by atoms with E-state index < -0.39 is 5.92 Å². The van der Waals surface area contributed by atoms with Crippen LogP contribution in [0.3, 0.4) is 0 Å². The summed E-state index contributed by atoms with van der Waals surface area (Å²) in [6.45, 7) is 1.81. The molecule has 0 unspecified atom stereocenters. The summed E-state index contributed by atoms with van der Waals surface area (Å²) in [5, 5.41) is 8.34. The molecular formula is C9H16F2O. The fourth-order valence-corrected chi connectivity index (χ4v) is 0.826. The van der Waals surface area contributed by atoms with Crippen molar-refractivity contribution in [3.05, 3.63) is 12.2 Å². The SMILES string of the molecule is CCCCC(F)(F)C=CCCO. The van der Waals surface area contributed by atoms with Crippen molar-refractivity contribution in [2.24, 2.45) is 0 Å². The van der Waals surface area contributed by atoms with Crippen molar-refractivity contribution in [1.29, 1.82) is 0 Å². The van der Waals surface area contributed by atoms with Crippen LogP contribution in [0.2, 0.25) is 0 Å². The third-order valence-corrected chi connectivity index (χ3v) is 1.52. The highest BCUT2D eigenvalue weighted by Gasteiger charge is 2.22. The number of aliphatic hydroxyl groups is 1. The van der Waals surface area contributed by atoms with E-state index in [9.17, 15) is 8.78 Å². The number of hydrogen-bond acceptors (Lipinski definition) is 1. The van der Waals surface area contributed by atoms with Crippen LogP contribution >= 0.6 is 0 Å². The van der Waals surface area contributed by atoms with Crippen LogP contribution in [0, 0.1) is 0 Å². The van der Waals surface area contributed by atoms with Gasteiger partial charge in [-0.25, -0.2) is 8.78 Å². The van der Waals surface area contributed by atoms with E-state index >= 15 is 0 Å². The first-order chi connectivity index (χ1) is 5.62. The van der Waals surface area contributed by atoms with Gasteiger partial charge in [-0.15, -0.1) is 0 Å². The van der Waals surface area contributed by atoms with E-state index in [4.69, 9.17) is 5.11 Å². The zero-order chi connectivity index (χ0) is 9.45. The monoisotopic (exact) mass is 178 g/mol. The van der Waals surface area contributed by atoms with Gasteiger partial charge in [0.1, 0.15) is 0 Å². The molecule has 1 N–H and O–H groups in total. The summed E-state index contributed by atoms with van der Waals surface area (Å²) < 4.78 is 25.5. The average molecular weight is 178 g/mol. The number of aliphatic hydroxyl groups excluding tert-OH is 1. The molecule has 0 aromatic rings. The molecule has 0 aliphatic carbocycles. The maximum atomic E-state index is 12.8. The molecule has 0 atom stereocenters. The van der Waals surface area contributed by atoms with E-state index in [2.05, 4.69) is 0 Å². The van der Waals surface area contributed by atoms with Crippen LogP contribution in [0.4, 0.5) is 8.78 Å². The second kappa shape index (κ2) is 6.12. The first-order valence-corrected chi connectivity index (χ1v) is 4.29. The fraction of sp³-hybridized carbons (Fsp3) is 0.778. The fourth-order valence-electron chi connectivity index (χ4n) is 0.826. The third-order valence-electron chi connectivity index (χ3n) is 1.52. The van der Waals surface area contributed by atoms with Crippen LogP contribution in [0.5, 0.6) is 0 Å². The van der Waals surface area contributed by atoms with E-state index in [0.29, 0.717) is 12.8 Å². The van der Waals surface area contributed by atoms with Crippen molar-refractivity contribution >= 4 is 0 Å². The summed E-state index contributed by atoms with van der Waals surface area (Å²) in [4.78, 5) is 0. The molecule has 0 fully saturated rings. The van der Waals surface area contributed by atoms with Crippen molar-refractivity contribution in [3.63, 3.8) is 0 Å². The standard InChI is InChI=1S/C9H16F2O/c1-2-3-6-9(10,11)7-4-5-8-12/h4,7,12H,2-3,5-6,8H2,1H3. The number of alkyl halides is 2. The highest BCUT2D eigenvalue weighted by atomic mass is 19.3. The minimum atomic E-state index is -2.69. The van der Waals surface area contributed by atoms with Gasteiger partial charge >= 0.3 is 0 Å². The summed E-state index contributed by atoms with van der Waals surface area (Å²) in [7, 11) is 0. The summed E-state index contributed by atoms with van der Waals surface area (Å²) in [5.41, 5.74) is 0. The predicted molar refractivity (Wildman–Crippen MR) is 45.3 cm³/mol. The minimum Gasteiger partial charge on any atom is -0.396 e. The van der Waals surface area contributed by atoms with Crippen molar-refractivity contribution in [2.45, 2.75) is 38.5 Å². The lowest BCUT2D eigenvalue weighted by molar-refractivity contribution is 0.0429. The van der Waals surface area contributed by atoms with Crippen molar-refractivity contribution < 1.29 is 13.9 Å². The minimum absolute atomic E-state index is 0.0691. The van der Waals surface area contributed by atoms with Gasteiger partial charge in [0.05, 0.1) is 0 Å². The Morgan fingerprint density at radius 1 is 1.42 bits per heavy atom. The van der Waals surface area contributed by atoms with E-state index in [1.165, 1.54) is 6.08 Å². The Morgan fingerprint density at radius 2 is 2.08 bits per heavy atom. The van der Waals surface area contributed by atoms with E-state index in [1.807, 2.05) is 6.92 Å². The summed E-state index contributed by atoms with van der Waals surface area (Å²) in [6, 6.07) is 0. The Morgan fingerprint density at radius 3 is 2.58 bits per heavy atom. The molecule has 0 aromatic carbocycles. The van der Waals surface area contributed by atoms with Gasteiger partial charge in [0.15, 0.2) is 0 Å². The van der Waals surface area contributed by atoms with Crippen LogP contribution < -0.4 is 0 Å². The maximum Gasteiger partial charge on any atom is 0.266 e. The molecule has 72 valence electrons. The van der Waals surface area contributed by atoms with Crippen LogP contribution in [0.25, 0.3) is 0 Å². The molecule has 0 saturated carbocycles. The van der Waals surface area contributed by atoms with Gasteiger partial charge in [-0.05, 0) is 18.9 Å². The zero-order valence-corrected chi connectivity index (χ0v) is 7.39. The van der Waals surface area contributed by atoms with E-state index in [-0.39, 0.29) is 13.0 Å². The lowest BCUT2D eigenvalue weighted by atomic mass is 10.1. The second-order valence-corrected chi connectivity index (χ2v) is 2.78. The van der Waals surface area contributed by atoms with Gasteiger partial charge in [-0.3, -0.25) is 0 Å². The van der Waals surface area contributed by atoms with E-state index in [1.54, 1.807) is 0 Å². The van der Waals surface area contributed by atoms with Crippen LogP contribution in [-0.4, -0.2) is 17.6 Å². The molecule has 0 spiro atoms. The lowest BCUT2D eigenvalue weighted by Gasteiger charge is -2.09. The molecule has 0 aromatic heterocycles. The van der Waals surface area contributed by atoms with Gasteiger partial charge in [0.2, 0.25) is 0 Å². The van der Waals surface area contributed by atoms with E-state index in [0.717, 1.165) is 12.5 Å². The molecule has 0 aliphatic heterocycles. The Labute approximate surface area is 72.1 Å².